The van der Waals surface area contributed by atoms with Crippen molar-refractivity contribution in [3.05, 3.63) is 45.7 Å². The molecular formula is C18H20BrF2N3O2. The van der Waals surface area contributed by atoms with Crippen LogP contribution in [0.1, 0.15) is 42.4 Å². The first-order valence-electron chi connectivity index (χ1n) is 7.89. The van der Waals surface area contributed by atoms with Crippen molar-refractivity contribution in [1.82, 2.24) is 14.8 Å². The molecule has 0 aliphatic rings. The van der Waals surface area contributed by atoms with Gasteiger partial charge >= 0.3 is 5.97 Å². The Morgan fingerprint density at radius 1 is 1.35 bits per heavy atom. The van der Waals surface area contributed by atoms with Gasteiger partial charge in [-0.25, -0.2) is 14.2 Å². The summed E-state index contributed by atoms with van der Waals surface area (Å²) in [4.78, 5) is 16.1. The average Bonchev–Trinajstić information content (AvgIpc) is 2.75. The number of aryl methyl sites for hydroxylation is 1. The summed E-state index contributed by atoms with van der Waals surface area (Å²) in [5.74, 6) is -3.36. The third kappa shape index (κ3) is 3.85. The molecule has 0 aromatic carbocycles. The van der Waals surface area contributed by atoms with Gasteiger partial charge in [0, 0.05) is 18.3 Å². The highest BCUT2D eigenvalue weighted by molar-refractivity contribution is 9.10. The second kappa shape index (κ2) is 7.26. The number of halogens is 3. The lowest BCUT2D eigenvalue weighted by molar-refractivity contribution is 0.00582. The zero-order valence-electron chi connectivity index (χ0n) is 15.3. The molecule has 0 aliphatic heterocycles. The van der Waals surface area contributed by atoms with E-state index in [1.807, 2.05) is 0 Å². The van der Waals surface area contributed by atoms with E-state index in [-0.39, 0.29) is 23.4 Å². The first kappa shape index (κ1) is 20.2. The maximum atomic E-state index is 15.1. The van der Waals surface area contributed by atoms with Gasteiger partial charge in [0.25, 0.3) is 0 Å². The Hall–Kier alpha value is -2.09. The SMILES string of the molecule is C=CCc1c(-c2nn(C)c(C)c2Br)nc(F)c(C(=O)OC(C)(C)C)c1F. The molecular weight excluding hydrogens is 408 g/mol. The van der Waals surface area contributed by atoms with E-state index in [0.717, 1.165) is 5.69 Å². The predicted octanol–water partition coefficient (Wildman–Crippen LogP) is 4.52. The Morgan fingerprint density at radius 3 is 2.42 bits per heavy atom. The van der Waals surface area contributed by atoms with Crippen LogP contribution in [0.4, 0.5) is 8.78 Å². The van der Waals surface area contributed by atoms with Crippen LogP contribution in [0, 0.1) is 18.7 Å². The van der Waals surface area contributed by atoms with E-state index in [0.29, 0.717) is 4.47 Å². The topological polar surface area (TPSA) is 57.0 Å². The average molecular weight is 428 g/mol. The van der Waals surface area contributed by atoms with E-state index >= 15 is 4.39 Å². The van der Waals surface area contributed by atoms with E-state index in [1.165, 1.54) is 6.08 Å². The Morgan fingerprint density at radius 2 is 1.96 bits per heavy atom. The molecule has 0 saturated heterocycles. The normalized spacial score (nSPS) is 11.5. The molecule has 140 valence electrons. The molecule has 5 nitrogen and oxygen atoms in total. The number of hydrogen-bond donors (Lipinski definition) is 0. The fraction of sp³-hybridized carbons (Fsp3) is 0.389. The van der Waals surface area contributed by atoms with E-state index < -0.39 is 28.9 Å². The largest absolute Gasteiger partial charge is 0.456 e. The van der Waals surface area contributed by atoms with Gasteiger partial charge in [0.15, 0.2) is 5.56 Å². The van der Waals surface area contributed by atoms with Gasteiger partial charge in [-0.2, -0.15) is 9.49 Å². The number of aromatic nitrogens is 3. The van der Waals surface area contributed by atoms with E-state index in [4.69, 9.17) is 4.74 Å². The molecule has 0 spiro atoms. The van der Waals surface area contributed by atoms with Crippen LogP contribution in [0.3, 0.4) is 0 Å². The van der Waals surface area contributed by atoms with Gasteiger partial charge in [0.1, 0.15) is 22.8 Å². The lowest BCUT2D eigenvalue weighted by Gasteiger charge is -2.20. The third-order valence-electron chi connectivity index (χ3n) is 3.62. The van der Waals surface area contributed by atoms with E-state index in [2.05, 4.69) is 32.6 Å². The molecule has 8 heteroatoms. The zero-order valence-corrected chi connectivity index (χ0v) is 16.9. The molecule has 2 rings (SSSR count). The van der Waals surface area contributed by atoms with Crippen molar-refractivity contribution in [2.24, 2.45) is 7.05 Å². The van der Waals surface area contributed by atoms with Crippen LogP contribution in [-0.4, -0.2) is 26.3 Å². The lowest BCUT2D eigenvalue weighted by Crippen LogP contribution is -2.26. The highest BCUT2D eigenvalue weighted by Crippen LogP contribution is 2.34. The monoisotopic (exact) mass is 427 g/mol. The van der Waals surface area contributed by atoms with Gasteiger partial charge in [0.05, 0.1) is 4.47 Å². The fourth-order valence-electron chi connectivity index (χ4n) is 2.33. The summed E-state index contributed by atoms with van der Waals surface area (Å²) in [5, 5.41) is 4.26. The molecule has 0 fully saturated rings. The summed E-state index contributed by atoms with van der Waals surface area (Å²) in [7, 11) is 1.71. The van der Waals surface area contributed by atoms with Crippen LogP contribution in [-0.2, 0) is 18.2 Å². The number of hydrogen-bond acceptors (Lipinski definition) is 4. The van der Waals surface area contributed by atoms with Gasteiger partial charge in [0.2, 0.25) is 5.95 Å². The smallest absolute Gasteiger partial charge is 0.346 e. The molecule has 2 aromatic rings. The van der Waals surface area contributed by atoms with Crippen molar-refractivity contribution in [2.45, 2.75) is 39.7 Å². The van der Waals surface area contributed by atoms with Crippen LogP contribution >= 0.6 is 15.9 Å². The molecule has 0 bridgehead atoms. The summed E-state index contributed by atoms with van der Waals surface area (Å²) in [6, 6.07) is 0. The third-order valence-corrected chi connectivity index (χ3v) is 4.57. The minimum Gasteiger partial charge on any atom is -0.456 e. The van der Waals surface area contributed by atoms with Crippen molar-refractivity contribution in [3.8, 4) is 11.4 Å². The van der Waals surface area contributed by atoms with Gasteiger partial charge in [-0.1, -0.05) is 6.08 Å². The quantitative estimate of drug-likeness (QED) is 0.409. The number of pyridine rings is 1. The molecule has 0 atom stereocenters. The minimum absolute atomic E-state index is 0.0165. The summed E-state index contributed by atoms with van der Waals surface area (Å²) in [6.45, 7) is 10.2. The van der Waals surface area contributed by atoms with Gasteiger partial charge in [-0.3, -0.25) is 4.68 Å². The fourth-order valence-corrected chi connectivity index (χ4v) is 2.85. The maximum Gasteiger partial charge on any atom is 0.346 e. The van der Waals surface area contributed by atoms with Crippen LogP contribution in [0.2, 0.25) is 0 Å². The zero-order chi connectivity index (χ0) is 19.8. The molecule has 0 aliphatic carbocycles. The van der Waals surface area contributed by atoms with Crippen LogP contribution in [0.15, 0.2) is 17.1 Å². The second-order valence-electron chi connectivity index (χ2n) is 6.79. The molecule has 2 heterocycles. The summed E-state index contributed by atoms with van der Waals surface area (Å²) in [6.07, 6.45) is 1.50. The van der Waals surface area contributed by atoms with Crippen molar-refractivity contribution in [2.75, 3.05) is 0 Å². The standard InChI is InChI=1S/C18H20BrF2N3O2/c1-7-8-10-13(20)11(17(25)26-18(3,4)5)16(21)22-14(10)15-12(19)9(2)24(6)23-15/h7H,1,8H2,2-6H3. The second-order valence-corrected chi connectivity index (χ2v) is 7.58. The van der Waals surface area contributed by atoms with Gasteiger partial charge < -0.3 is 4.74 Å². The molecule has 0 radical (unpaired) electrons. The summed E-state index contributed by atoms with van der Waals surface area (Å²) < 4.78 is 36.8. The number of ether oxygens (including phenoxy) is 1. The number of carbonyl (C=O) groups excluding carboxylic acids is 1. The van der Waals surface area contributed by atoms with E-state index in [9.17, 15) is 9.18 Å². The van der Waals surface area contributed by atoms with Crippen molar-refractivity contribution in [1.29, 1.82) is 0 Å². The van der Waals surface area contributed by atoms with Gasteiger partial charge in [-0.15, -0.1) is 6.58 Å². The first-order valence-corrected chi connectivity index (χ1v) is 8.68. The maximum absolute atomic E-state index is 15.1. The Balaban J connectivity index is 2.71. The molecule has 0 N–H and O–H groups in total. The summed E-state index contributed by atoms with van der Waals surface area (Å²) >= 11 is 3.37. The van der Waals surface area contributed by atoms with E-state index in [1.54, 1.807) is 39.4 Å². The molecule has 26 heavy (non-hydrogen) atoms. The van der Waals surface area contributed by atoms with Crippen molar-refractivity contribution < 1.29 is 18.3 Å². The highest BCUT2D eigenvalue weighted by Gasteiger charge is 2.30. The lowest BCUT2D eigenvalue weighted by atomic mass is 10.0. The number of nitrogens with zero attached hydrogens (tertiary/aromatic N) is 3. The Bertz CT molecular complexity index is 886. The van der Waals surface area contributed by atoms with Crippen molar-refractivity contribution >= 4 is 21.9 Å². The van der Waals surface area contributed by atoms with Crippen molar-refractivity contribution in [3.63, 3.8) is 0 Å². The van der Waals surface area contributed by atoms with Gasteiger partial charge in [-0.05, 0) is 50.0 Å². The Labute approximate surface area is 159 Å². The van der Waals surface area contributed by atoms with Crippen LogP contribution in [0.25, 0.3) is 11.4 Å². The number of rotatable bonds is 4. The minimum atomic E-state index is -1.24. The molecule has 2 aromatic heterocycles. The predicted molar refractivity (Wildman–Crippen MR) is 97.9 cm³/mol. The Kier molecular flexibility index (Phi) is 5.65. The number of allylic oxidation sites excluding steroid dienone is 1. The van der Waals surface area contributed by atoms with Crippen LogP contribution < -0.4 is 0 Å². The highest BCUT2D eigenvalue weighted by atomic mass is 79.9. The number of carbonyl (C=O) groups is 1. The molecule has 0 unspecified atom stereocenters. The van der Waals surface area contributed by atoms with Crippen LogP contribution in [0.5, 0.6) is 0 Å². The summed E-state index contributed by atoms with van der Waals surface area (Å²) in [5.41, 5.74) is -0.610. The molecule has 0 amide bonds. The molecule has 0 saturated carbocycles. The first-order chi connectivity index (χ1) is 12.0. The number of esters is 1.